The summed E-state index contributed by atoms with van der Waals surface area (Å²) in [7, 11) is 1.61. The van der Waals surface area contributed by atoms with Crippen molar-refractivity contribution >= 4 is 29.2 Å². The smallest absolute Gasteiger partial charge is 0.261 e. The molecular weight excluding hydrogens is 388 g/mol. The van der Waals surface area contributed by atoms with Crippen LogP contribution >= 0.6 is 11.8 Å². The first-order valence-electron chi connectivity index (χ1n) is 8.92. The maximum absolute atomic E-state index is 12.4. The Morgan fingerprint density at radius 1 is 1.21 bits per heavy atom. The summed E-state index contributed by atoms with van der Waals surface area (Å²) in [5.41, 5.74) is 9.21. The first kappa shape index (κ1) is 20.5. The highest BCUT2D eigenvalue weighted by molar-refractivity contribution is 7.99. The van der Waals surface area contributed by atoms with Crippen LogP contribution in [0.1, 0.15) is 11.1 Å². The molecule has 1 amide bonds. The van der Waals surface area contributed by atoms with E-state index >= 15 is 0 Å². The number of benzene rings is 2. The van der Waals surface area contributed by atoms with Gasteiger partial charge in [-0.05, 0) is 42.7 Å². The van der Waals surface area contributed by atoms with Crippen LogP contribution in [0.25, 0.3) is 11.1 Å². The number of thioether (sulfide) groups is 1. The van der Waals surface area contributed by atoms with Crippen LogP contribution in [0.5, 0.6) is 5.75 Å². The summed E-state index contributed by atoms with van der Waals surface area (Å²) in [5, 5.41) is 3.17. The predicted octanol–water partition coefficient (Wildman–Crippen LogP) is 3.38. The first-order valence-corrected chi connectivity index (χ1v) is 9.90. The standard InChI is InChI=1S/C21H22N4O3S/c1-12-10-16(28-3)13(2)9-15(12)23-17(26)11-29-21-24-19(22)18(20(27)25-21)14-7-5-4-6-8-14/h4-10H,11H2,1-3H3,(H,23,26)(H3,22,24,25,27). The lowest BCUT2D eigenvalue weighted by Gasteiger charge is -2.12. The van der Waals surface area contributed by atoms with E-state index in [9.17, 15) is 9.59 Å². The lowest BCUT2D eigenvalue weighted by Crippen LogP contribution is -2.18. The van der Waals surface area contributed by atoms with E-state index in [1.807, 2.05) is 44.2 Å². The molecule has 29 heavy (non-hydrogen) atoms. The quantitative estimate of drug-likeness (QED) is 0.424. The Labute approximate surface area is 172 Å². The second kappa shape index (κ2) is 8.83. The Hall–Kier alpha value is -3.26. The van der Waals surface area contributed by atoms with Crippen LogP contribution in [0.4, 0.5) is 11.5 Å². The number of aryl methyl sites for hydroxylation is 2. The fourth-order valence-electron chi connectivity index (χ4n) is 2.89. The van der Waals surface area contributed by atoms with E-state index < -0.39 is 0 Å². The van der Waals surface area contributed by atoms with Crippen LogP contribution in [0.2, 0.25) is 0 Å². The fraction of sp³-hybridized carbons (Fsp3) is 0.190. The number of amides is 1. The topological polar surface area (TPSA) is 110 Å². The Balaban J connectivity index is 1.70. The van der Waals surface area contributed by atoms with E-state index in [-0.39, 0.29) is 23.0 Å². The Kier molecular flexibility index (Phi) is 6.23. The predicted molar refractivity (Wildman–Crippen MR) is 117 cm³/mol. The van der Waals surface area contributed by atoms with Gasteiger partial charge < -0.3 is 20.8 Å². The first-order chi connectivity index (χ1) is 13.9. The van der Waals surface area contributed by atoms with Gasteiger partial charge in [0, 0.05) is 5.69 Å². The molecule has 0 atom stereocenters. The summed E-state index contributed by atoms with van der Waals surface area (Å²) in [6, 6.07) is 12.8. The van der Waals surface area contributed by atoms with Crippen LogP contribution < -0.4 is 21.3 Å². The molecule has 0 saturated heterocycles. The van der Waals surface area contributed by atoms with Gasteiger partial charge in [0.1, 0.15) is 11.6 Å². The van der Waals surface area contributed by atoms with Crippen molar-refractivity contribution in [2.75, 3.05) is 23.9 Å². The van der Waals surface area contributed by atoms with E-state index in [1.54, 1.807) is 19.2 Å². The van der Waals surface area contributed by atoms with Gasteiger partial charge in [0.15, 0.2) is 5.16 Å². The number of methoxy groups -OCH3 is 1. The highest BCUT2D eigenvalue weighted by Gasteiger charge is 2.13. The molecule has 1 aromatic heterocycles. The van der Waals surface area contributed by atoms with Crippen molar-refractivity contribution in [1.82, 2.24) is 9.97 Å². The van der Waals surface area contributed by atoms with Crippen molar-refractivity contribution in [3.8, 4) is 16.9 Å². The fourth-order valence-corrected chi connectivity index (χ4v) is 3.55. The molecule has 4 N–H and O–H groups in total. The molecule has 0 fully saturated rings. The number of rotatable bonds is 6. The number of carbonyl (C=O) groups is 1. The molecule has 1 heterocycles. The number of aromatic nitrogens is 2. The third-order valence-electron chi connectivity index (χ3n) is 4.34. The maximum Gasteiger partial charge on any atom is 0.261 e. The normalized spacial score (nSPS) is 10.6. The maximum atomic E-state index is 12.4. The van der Waals surface area contributed by atoms with Gasteiger partial charge >= 0.3 is 0 Å². The molecule has 0 aliphatic carbocycles. The number of nitrogens with two attached hydrogens (primary N) is 1. The van der Waals surface area contributed by atoms with Crippen molar-refractivity contribution in [3.05, 3.63) is 63.9 Å². The number of ether oxygens (including phenoxy) is 1. The van der Waals surface area contributed by atoms with Gasteiger partial charge in [-0.2, -0.15) is 0 Å². The SMILES string of the molecule is COc1cc(C)c(NC(=O)CSc2nc(N)c(-c3ccccc3)c(=O)[nH]2)cc1C. The van der Waals surface area contributed by atoms with Crippen molar-refractivity contribution in [1.29, 1.82) is 0 Å². The van der Waals surface area contributed by atoms with Crippen LogP contribution in [-0.2, 0) is 4.79 Å². The molecule has 7 nitrogen and oxygen atoms in total. The molecule has 0 saturated carbocycles. The molecule has 0 aliphatic heterocycles. The van der Waals surface area contributed by atoms with Gasteiger partial charge in [0.2, 0.25) is 5.91 Å². The van der Waals surface area contributed by atoms with E-state index in [1.165, 1.54) is 0 Å². The Bertz CT molecular complexity index is 1100. The number of carbonyl (C=O) groups excluding carboxylic acids is 1. The van der Waals surface area contributed by atoms with Gasteiger partial charge in [-0.1, -0.05) is 42.1 Å². The molecule has 3 rings (SSSR count). The molecule has 2 aromatic carbocycles. The Morgan fingerprint density at radius 2 is 1.93 bits per heavy atom. The average molecular weight is 410 g/mol. The van der Waals surface area contributed by atoms with Gasteiger partial charge in [0.25, 0.3) is 5.56 Å². The summed E-state index contributed by atoms with van der Waals surface area (Å²) in [6.45, 7) is 3.81. The van der Waals surface area contributed by atoms with Crippen molar-refractivity contribution in [3.63, 3.8) is 0 Å². The van der Waals surface area contributed by atoms with E-state index in [4.69, 9.17) is 10.5 Å². The molecule has 0 bridgehead atoms. The number of hydrogen-bond donors (Lipinski definition) is 3. The molecule has 0 unspecified atom stereocenters. The number of nitrogens with zero attached hydrogens (tertiary/aromatic N) is 1. The summed E-state index contributed by atoms with van der Waals surface area (Å²) >= 11 is 1.11. The van der Waals surface area contributed by atoms with Crippen LogP contribution in [-0.4, -0.2) is 28.7 Å². The summed E-state index contributed by atoms with van der Waals surface area (Å²) in [4.78, 5) is 31.7. The van der Waals surface area contributed by atoms with Crippen molar-refractivity contribution in [2.45, 2.75) is 19.0 Å². The zero-order chi connectivity index (χ0) is 21.0. The summed E-state index contributed by atoms with van der Waals surface area (Å²) < 4.78 is 5.28. The second-order valence-corrected chi connectivity index (χ2v) is 7.43. The van der Waals surface area contributed by atoms with Crippen molar-refractivity contribution in [2.24, 2.45) is 0 Å². The number of anilines is 2. The summed E-state index contributed by atoms with van der Waals surface area (Å²) in [5.74, 6) is 0.767. The zero-order valence-electron chi connectivity index (χ0n) is 16.4. The van der Waals surface area contributed by atoms with Crippen LogP contribution in [0.15, 0.2) is 52.4 Å². The lowest BCUT2D eigenvalue weighted by atomic mass is 10.1. The van der Waals surface area contributed by atoms with E-state index in [0.717, 1.165) is 28.6 Å². The van der Waals surface area contributed by atoms with Crippen molar-refractivity contribution < 1.29 is 9.53 Å². The number of H-pyrrole nitrogens is 1. The molecule has 8 heteroatoms. The summed E-state index contributed by atoms with van der Waals surface area (Å²) in [6.07, 6.45) is 0. The van der Waals surface area contributed by atoms with Gasteiger partial charge in [-0.25, -0.2) is 4.98 Å². The monoisotopic (exact) mass is 410 g/mol. The molecule has 0 spiro atoms. The number of nitrogens with one attached hydrogen (secondary N) is 2. The minimum absolute atomic E-state index is 0.0809. The lowest BCUT2D eigenvalue weighted by molar-refractivity contribution is -0.113. The largest absolute Gasteiger partial charge is 0.496 e. The highest BCUT2D eigenvalue weighted by Crippen LogP contribution is 2.26. The number of aromatic amines is 1. The molecular formula is C21H22N4O3S. The molecule has 150 valence electrons. The van der Waals surface area contributed by atoms with Crippen LogP contribution in [0, 0.1) is 13.8 Å². The molecule has 0 radical (unpaired) electrons. The second-order valence-electron chi connectivity index (χ2n) is 6.47. The molecule has 3 aromatic rings. The molecule has 0 aliphatic rings. The average Bonchev–Trinajstić information content (AvgIpc) is 2.69. The third kappa shape index (κ3) is 4.78. The zero-order valence-corrected chi connectivity index (χ0v) is 17.2. The van der Waals surface area contributed by atoms with E-state index in [2.05, 4.69) is 15.3 Å². The van der Waals surface area contributed by atoms with Gasteiger partial charge in [-0.15, -0.1) is 0 Å². The minimum atomic E-state index is -0.340. The number of hydrogen-bond acceptors (Lipinski definition) is 6. The third-order valence-corrected chi connectivity index (χ3v) is 5.22. The van der Waals surface area contributed by atoms with Crippen LogP contribution in [0.3, 0.4) is 0 Å². The Morgan fingerprint density at radius 3 is 2.59 bits per heavy atom. The van der Waals surface area contributed by atoms with Gasteiger partial charge in [0.05, 0.1) is 18.4 Å². The van der Waals surface area contributed by atoms with E-state index in [0.29, 0.717) is 22.0 Å². The minimum Gasteiger partial charge on any atom is -0.496 e. The number of nitrogen functional groups attached to an aromatic ring is 1. The van der Waals surface area contributed by atoms with Gasteiger partial charge in [-0.3, -0.25) is 9.59 Å². The highest BCUT2D eigenvalue weighted by atomic mass is 32.2.